The summed E-state index contributed by atoms with van der Waals surface area (Å²) in [7, 11) is -2.35. The zero-order valence-corrected chi connectivity index (χ0v) is 18.0. The van der Waals surface area contributed by atoms with Gasteiger partial charge in [0.1, 0.15) is 0 Å². The number of aryl methyl sites for hydroxylation is 2. The second-order valence-electron chi connectivity index (χ2n) is 7.42. The minimum atomic E-state index is -3.77. The Morgan fingerprint density at radius 3 is 2.41 bits per heavy atom. The van der Waals surface area contributed by atoms with Crippen LogP contribution in [0.15, 0.2) is 65.6 Å². The summed E-state index contributed by atoms with van der Waals surface area (Å²) < 4.78 is 26.9. The Bertz CT molecular complexity index is 1160. The van der Waals surface area contributed by atoms with Gasteiger partial charge in [-0.05, 0) is 54.8 Å². The number of amides is 1. The SMILES string of the molecule is Cc1ccc(C)c(C(C)NC(=O)CN(C)S(=O)(=O)c2ccc3ccccc3c2)c1. The fourth-order valence-electron chi connectivity index (χ4n) is 3.39. The number of likely N-dealkylation sites (N-methyl/N-ethyl adjacent to an activating group) is 1. The molecule has 1 unspecified atom stereocenters. The van der Waals surface area contributed by atoms with Crippen LogP contribution in [-0.4, -0.2) is 32.2 Å². The number of carbonyl (C=O) groups is 1. The predicted molar refractivity (Wildman–Crippen MR) is 116 cm³/mol. The van der Waals surface area contributed by atoms with Crippen molar-refractivity contribution in [3.63, 3.8) is 0 Å². The molecule has 3 rings (SSSR count). The van der Waals surface area contributed by atoms with Crippen molar-refractivity contribution >= 4 is 26.7 Å². The molecule has 0 fully saturated rings. The van der Waals surface area contributed by atoms with E-state index in [-0.39, 0.29) is 23.4 Å². The third-order valence-corrected chi connectivity index (χ3v) is 6.87. The van der Waals surface area contributed by atoms with Gasteiger partial charge >= 0.3 is 0 Å². The number of benzene rings is 3. The van der Waals surface area contributed by atoms with Gasteiger partial charge in [-0.1, -0.05) is 54.1 Å². The van der Waals surface area contributed by atoms with Gasteiger partial charge in [-0.2, -0.15) is 4.31 Å². The van der Waals surface area contributed by atoms with Gasteiger partial charge in [0.2, 0.25) is 15.9 Å². The van der Waals surface area contributed by atoms with E-state index >= 15 is 0 Å². The van der Waals surface area contributed by atoms with Crippen LogP contribution in [0.1, 0.15) is 29.7 Å². The number of hydrogen-bond acceptors (Lipinski definition) is 3. The van der Waals surface area contributed by atoms with E-state index in [2.05, 4.69) is 5.32 Å². The van der Waals surface area contributed by atoms with Gasteiger partial charge < -0.3 is 5.32 Å². The summed E-state index contributed by atoms with van der Waals surface area (Å²) in [5.41, 5.74) is 3.22. The highest BCUT2D eigenvalue weighted by atomic mass is 32.2. The number of nitrogens with zero attached hydrogens (tertiary/aromatic N) is 1. The van der Waals surface area contributed by atoms with Gasteiger partial charge in [-0.15, -0.1) is 0 Å². The van der Waals surface area contributed by atoms with Crippen LogP contribution in [0.3, 0.4) is 0 Å². The molecule has 0 heterocycles. The van der Waals surface area contributed by atoms with Crippen LogP contribution in [0.2, 0.25) is 0 Å². The van der Waals surface area contributed by atoms with Crippen LogP contribution >= 0.6 is 0 Å². The van der Waals surface area contributed by atoms with E-state index in [1.807, 2.05) is 63.2 Å². The zero-order chi connectivity index (χ0) is 21.2. The van der Waals surface area contributed by atoms with Crippen LogP contribution in [-0.2, 0) is 14.8 Å². The van der Waals surface area contributed by atoms with E-state index in [9.17, 15) is 13.2 Å². The predicted octanol–water partition coefficient (Wildman–Crippen LogP) is 3.95. The number of fused-ring (bicyclic) bond motifs is 1. The van der Waals surface area contributed by atoms with E-state index < -0.39 is 10.0 Å². The maximum Gasteiger partial charge on any atom is 0.243 e. The lowest BCUT2D eigenvalue weighted by molar-refractivity contribution is -0.121. The minimum absolute atomic E-state index is 0.175. The fraction of sp³-hybridized carbons (Fsp3) is 0.261. The van der Waals surface area contributed by atoms with Crippen molar-refractivity contribution in [2.45, 2.75) is 31.7 Å². The van der Waals surface area contributed by atoms with Crippen LogP contribution in [0.25, 0.3) is 10.8 Å². The molecule has 0 aliphatic carbocycles. The molecule has 1 amide bonds. The van der Waals surface area contributed by atoms with Crippen molar-refractivity contribution in [1.82, 2.24) is 9.62 Å². The summed E-state index contributed by atoms with van der Waals surface area (Å²) in [6.07, 6.45) is 0. The molecule has 3 aromatic rings. The van der Waals surface area contributed by atoms with Crippen molar-refractivity contribution in [2.24, 2.45) is 0 Å². The van der Waals surface area contributed by atoms with Crippen molar-refractivity contribution in [3.8, 4) is 0 Å². The standard InChI is InChI=1S/C23H26N2O3S/c1-16-9-10-17(2)22(13-16)18(3)24-23(26)15-25(4)29(27,28)21-12-11-19-7-5-6-8-20(19)14-21/h5-14,18H,15H2,1-4H3,(H,24,26). The molecule has 1 atom stereocenters. The molecule has 5 nitrogen and oxygen atoms in total. The summed E-state index contributed by atoms with van der Waals surface area (Å²) in [6, 6.07) is 18.4. The van der Waals surface area contributed by atoms with Crippen molar-refractivity contribution in [3.05, 3.63) is 77.4 Å². The highest BCUT2D eigenvalue weighted by Crippen LogP contribution is 2.22. The Hall–Kier alpha value is -2.70. The first-order valence-electron chi connectivity index (χ1n) is 9.50. The largest absolute Gasteiger partial charge is 0.348 e. The first kappa shape index (κ1) is 21.0. The topological polar surface area (TPSA) is 66.5 Å². The number of hydrogen-bond donors (Lipinski definition) is 1. The third-order valence-electron chi connectivity index (χ3n) is 5.07. The van der Waals surface area contributed by atoms with E-state index in [1.165, 1.54) is 7.05 Å². The van der Waals surface area contributed by atoms with E-state index in [1.54, 1.807) is 18.2 Å². The molecule has 0 spiro atoms. The summed E-state index contributed by atoms with van der Waals surface area (Å²) in [6.45, 7) is 5.65. The summed E-state index contributed by atoms with van der Waals surface area (Å²) in [5, 5.41) is 4.71. The molecule has 0 aliphatic heterocycles. The Morgan fingerprint density at radius 1 is 1.00 bits per heavy atom. The van der Waals surface area contributed by atoms with E-state index in [4.69, 9.17) is 0 Å². The molecule has 0 saturated carbocycles. The highest BCUT2D eigenvalue weighted by Gasteiger charge is 2.24. The third kappa shape index (κ3) is 4.66. The lowest BCUT2D eigenvalue weighted by Gasteiger charge is -2.21. The van der Waals surface area contributed by atoms with Gasteiger partial charge in [0.25, 0.3) is 0 Å². The Balaban J connectivity index is 1.73. The quantitative estimate of drug-likeness (QED) is 0.669. The van der Waals surface area contributed by atoms with Gasteiger partial charge in [0.05, 0.1) is 17.5 Å². The Kier molecular flexibility index (Phi) is 6.05. The highest BCUT2D eigenvalue weighted by molar-refractivity contribution is 7.89. The number of rotatable bonds is 6. The number of carbonyl (C=O) groups excluding carboxylic acids is 1. The van der Waals surface area contributed by atoms with Crippen molar-refractivity contribution in [2.75, 3.05) is 13.6 Å². The molecule has 6 heteroatoms. The second kappa shape index (κ2) is 8.35. The molecule has 3 aromatic carbocycles. The van der Waals surface area contributed by atoms with Gasteiger partial charge in [-0.3, -0.25) is 4.79 Å². The maximum absolute atomic E-state index is 12.9. The smallest absolute Gasteiger partial charge is 0.243 e. The molecule has 0 saturated heterocycles. The molecule has 152 valence electrons. The first-order valence-corrected chi connectivity index (χ1v) is 10.9. The number of nitrogens with one attached hydrogen (secondary N) is 1. The van der Waals surface area contributed by atoms with Crippen LogP contribution in [0.4, 0.5) is 0 Å². The lowest BCUT2D eigenvalue weighted by Crippen LogP contribution is -2.39. The Morgan fingerprint density at radius 2 is 1.69 bits per heavy atom. The van der Waals surface area contributed by atoms with Crippen molar-refractivity contribution < 1.29 is 13.2 Å². The first-order chi connectivity index (χ1) is 13.7. The molecule has 0 aromatic heterocycles. The minimum Gasteiger partial charge on any atom is -0.348 e. The van der Waals surface area contributed by atoms with Gasteiger partial charge in [0.15, 0.2) is 0 Å². The van der Waals surface area contributed by atoms with Crippen molar-refractivity contribution in [1.29, 1.82) is 0 Å². The molecule has 0 bridgehead atoms. The lowest BCUT2D eigenvalue weighted by atomic mass is 10.00. The zero-order valence-electron chi connectivity index (χ0n) is 17.1. The second-order valence-corrected chi connectivity index (χ2v) is 9.46. The summed E-state index contributed by atoms with van der Waals surface area (Å²) >= 11 is 0. The average Bonchev–Trinajstić information content (AvgIpc) is 2.69. The van der Waals surface area contributed by atoms with Crippen LogP contribution in [0.5, 0.6) is 0 Å². The number of sulfonamides is 1. The molecule has 1 N–H and O–H groups in total. The molecule has 29 heavy (non-hydrogen) atoms. The monoisotopic (exact) mass is 410 g/mol. The van der Waals surface area contributed by atoms with Crippen LogP contribution in [0, 0.1) is 13.8 Å². The van der Waals surface area contributed by atoms with E-state index in [0.717, 1.165) is 31.8 Å². The van der Waals surface area contributed by atoms with Crippen LogP contribution < -0.4 is 5.32 Å². The normalized spacial score (nSPS) is 12.9. The molecular weight excluding hydrogens is 384 g/mol. The molecular formula is C23H26N2O3S. The fourth-order valence-corrected chi connectivity index (χ4v) is 4.55. The maximum atomic E-state index is 12.9. The average molecular weight is 411 g/mol. The summed E-state index contributed by atoms with van der Waals surface area (Å²) in [4.78, 5) is 12.7. The molecule has 0 aliphatic rings. The summed E-state index contributed by atoms with van der Waals surface area (Å²) in [5.74, 6) is -0.342. The Labute approximate surface area is 172 Å². The van der Waals surface area contributed by atoms with Gasteiger partial charge in [-0.25, -0.2) is 8.42 Å². The van der Waals surface area contributed by atoms with Gasteiger partial charge in [0, 0.05) is 7.05 Å². The molecule has 0 radical (unpaired) electrons. The van der Waals surface area contributed by atoms with E-state index in [0.29, 0.717) is 0 Å².